The SMILES string of the molecule is CC(C)(C)OC(=O)NC1C2CCC1Cc1cc(/C=C/CO)ccc1C2. The molecule has 0 heterocycles. The number of benzene rings is 1. The zero-order valence-corrected chi connectivity index (χ0v) is 15.4. The van der Waals surface area contributed by atoms with E-state index in [0.717, 1.165) is 31.2 Å². The van der Waals surface area contributed by atoms with E-state index in [9.17, 15) is 4.79 Å². The molecule has 25 heavy (non-hydrogen) atoms. The zero-order valence-electron chi connectivity index (χ0n) is 15.4. The Morgan fingerprint density at radius 3 is 2.56 bits per heavy atom. The summed E-state index contributed by atoms with van der Waals surface area (Å²) >= 11 is 0. The summed E-state index contributed by atoms with van der Waals surface area (Å²) in [6.45, 7) is 5.74. The van der Waals surface area contributed by atoms with Crippen molar-refractivity contribution in [3.05, 3.63) is 41.0 Å². The molecule has 3 unspecified atom stereocenters. The van der Waals surface area contributed by atoms with E-state index >= 15 is 0 Å². The minimum absolute atomic E-state index is 0.0592. The van der Waals surface area contributed by atoms with Crippen molar-refractivity contribution in [2.24, 2.45) is 11.8 Å². The molecule has 0 saturated heterocycles. The van der Waals surface area contributed by atoms with Crippen molar-refractivity contribution in [1.29, 1.82) is 0 Å². The number of rotatable bonds is 3. The first-order valence-corrected chi connectivity index (χ1v) is 9.24. The minimum Gasteiger partial charge on any atom is -0.444 e. The maximum absolute atomic E-state index is 12.2. The summed E-state index contributed by atoms with van der Waals surface area (Å²) in [6, 6.07) is 6.74. The third-order valence-corrected chi connectivity index (χ3v) is 5.22. The highest BCUT2D eigenvalue weighted by Crippen LogP contribution is 2.40. The molecule has 3 atom stereocenters. The Bertz CT molecular complexity index is 660. The predicted octanol–water partition coefficient (Wildman–Crippen LogP) is 3.71. The van der Waals surface area contributed by atoms with E-state index in [1.807, 2.05) is 26.8 Å². The highest BCUT2D eigenvalue weighted by molar-refractivity contribution is 5.68. The lowest BCUT2D eigenvalue weighted by molar-refractivity contribution is 0.0479. The smallest absolute Gasteiger partial charge is 0.407 e. The molecule has 4 heteroatoms. The molecule has 0 radical (unpaired) electrons. The van der Waals surface area contributed by atoms with Crippen LogP contribution in [0.15, 0.2) is 24.3 Å². The largest absolute Gasteiger partial charge is 0.444 e. The number of carbonyl (C=O) groups excluding carboxylic acids is 1. The summed E-state index contributed by atoms with van der Waals surface area (Å²) in [5, 5.41) is 12.1. The molecule has 1 fully saturated rings. The standard InChI is InChI=1S/C21H29NO3/c1-21(2,3)25-20(24)22-19-16-8-9-17(19)13-18-11-14(5-4-10-23)6-7-15(18)12-16/h4-7,11,16-17,19,23H,8-10,12-13H2,1-3H3,(H,22,24)/b5-4+. The maximum Gasteiger partial charge on any atom is 0.407 e. The summed E-state index contributed by atoms with van der Waals surface area (Å²) < 4.78 is 5.46. The fourth-order valence-corrected chi connectivity index (χ4v) is 4.20. The molecule has 1 aromatic rings. The molecule has 136 valence electrons. The van der Waals surface area contributed by atoms with E-state index in [-0.39, 0.29) is 18.7 Å². The van der Waals surface area contributed by atoms with E-state index in [0.29, 0.717) is 11.8 Å². The van der Waals surface area contributed by atoms with Crippen LogP contribution >= 0.6 is 0 Å². The van der Waals surface area contributed by atoms with Gasteiger partial charge in [-0.15, -0.1) is 0 Å². The van der Waals surface area contributed by atoms with Gasteiger partial charge in [-0.2, -0.15) is 0 Å². The Labute approximate surface area is 150 Å². The van der Waals surface area contributed by atoms with E-state index in [1.54, 1.807) is 6.08 Å². The molecule has 2 N–H and O–H groups in total. The van der Waals surface area contributed by atoms with Crippen LogP contribution in [-0.2, 0) is 17.6 Å². The molecule has 2 bridgehead atoms. The van der Waals surface area contributed by atoms with Crippen LogP contribution in [0.25, 0.3) is 6.08 Å². The van der Waals surface area contributed by atoms with Gasteiger partial charge in [0.1, 0.15) is 5.60 Å². The number of carbonyl (C=O) groups is 1. The molecule has 2 aliphatic rings. The monoisotopic (exact) mass is 343 g/mol. The van der Waals surface area contributed by atoms with E-state index in [2.05, 4.69) is 23.5 Å². The molecule has 0 aliphatic heterocycles. The molecule has 3 rings (SSSR count). The fraction of sp³-hybridized carbons (Fsp3) is 0.571. The van der Waals surface area contributed by atoms with Gasteiger partial charge in [0.2, 0.25) is 0 Å². The third kappa shape index (κ3) is 4.43. The van der Waals surface area contributed by atoms with Gasteiger partial charge in [0.15, 0.2) is 0 Å². The number of aliphatic hydroxyl groups excluding tert-OH is 1. The normalized spacial score (nSPS) is 25.5. The van der Waals surface area contributed by atoms with Crippen LogP contribution in [0.5, 0.6) is 0 Å². The predicted molar refractivity (Wildman–Crippen MR) is 99.3 cm³/mol. The first-order valence-electron chi connectivity index (χ1n) is 9.24. The Balaban J connectivity index is 1.74. The van der Waals surface area contributed by atoms with Crippen molar-refractivity contribution < 1.29 is 14.6 Å². The average molecular weight is 343 g/mol. The summed E-state index contributed by atoms with van der Waals surface area (Å²) in [6.07, 6.45) is 7.74. The van der Waals surface area contributed by atoms with Crippen LogP contribution in [0.1, 0.15) is 50.3 Å². The Kier molecular flexibility index (Phi) is 5.19. The van der Waals surface area contributed by atoms with Crippen molar-refractivity contribution in [2.75, 3.05) is 6.61 Å². The molecule has 1 saturated carbocycles. The minimum atomic E-state index is -0.467. The summed E-state index contributed by atoms with van der Waals surface area (Å²) in [5.74, 6) is 0.952. The van der Waals surface area contributed by atoms with Crippen molar-refractivity contribution >= 4 is 12.2 Å². The molecular formula is C21H29NO3. The van der Waals surface area contributed by atoms with Crippen LogP contribution in [-0.4, -0.2) is 29.4 Å². The van der Waals surface area contributed by atoms with E-state index in [1.165, 1.54) is 11.1 Å². The van der Waals surface area contributed by atoms with Crippen LogP contribution in [0, 0.1) is 11.8 Å². The van der Waals surface area contributed by atoms with Gasteiger partial charge < -0.3 is 15.2 Å². The highest BCUT2D eigenvalue weighted by Gasteiger charge is 2.40. The lowest BCUT2D eigenvalue weighted by atomic mass is 9.92. The van der Waals surface area contributed by atoms with Crippen molar-refractivity contribution in [3.8, 4) is 0 Å². The van der Waals surface area contributed by atoms with E-state index < -0.39 is 5.60 Å². The second-order valence-electron chi connectivity index (χ2n) is 8.29. The van der Waals surface area contributed by atoms with Crippen LogP contribution < -0.4 is 5.32 Å². The molecule has 0 aromatic heterocycles. The van der Waals surface area contributed by atoms with Gasteiger partial charge in [0, 0.05) is 6.04 Å². The lowest BCUT2D eigenvalue weighted by Crippen LogP contribution is -2.44. The number of nitrogens with one attached hydrogen (secondary N) is 1. The third-order valence-electron chi connectivity index (χ3n) is 5.22. The molecule has 1 aromatic carbocycles. The first-order chi connectivity index (χ1) is 11.9. The summed E-state index contributed by atoms with van der Waals surface area (Å²) in [5.41, 5.74) is 3.43. The number of ether oxygens (including phenoxy) is 1. The zero-order chi connectivity index (χ0) is 18.0. The highest BCUT2D eigenvalue weighted by atomic mass is 16.6. The van der Waals surface area contributed by atoms with Gasteiger partial charge >= 0.3 is 6.09 Å². The van der Waals surface area contributed by atoms with Gasteiger partial charge in [-0.3, -0.25) is 0 Å². The number of alkyl carbamates (subject to hydrolysis) is 1. The fourth-order valence-electron chi connectivity index (χ4n) is 4.20. The van der Waals surface area contributed by atoms with Gasteiger partial charge in [-0.1, -0.05) is 30.4 Å². The van der Waals surface area contributed by atoms with Crippen molar-refractivity contribution in [2.45, 2.75) is 58.1 Å². The van der Waals surface area contributed by atoms with Crippen molar-refractivity contribution in [3.63, 3.8) is 0 Å². The first kappa shape index (κ1) is 18.0. The Morgan fingerprint density at radius 2 is 1.92 bits per heavy atom. The summed E-state index contributed by atoms with van der Waals surface area (Å²) in [4.78, 5) is 12.2. The number of hydrogen-bond acceptors (Lipinski definition) is 3. The maximum atomic E-state index is 12.2. The second-order valence-corrected chi connectivity index (χ2v) is 8.29. The number of fused-ring (bicyclic) bond motifs is 3. The number of hydrogen-bond donors (Lipinski definition) is 2. The van der Waals surface area contributed by atoms with Crippen LogP contribution in [0.3, 0.4) is 0 Å². The molecule has 1 amide bonds. The van der Waals surface area contributed by atoms with Gasteiger partial charge in [-0.05, 0) is 75.0 Å². The molecule has 2 aliphatic carbocycles. The number of amides is 1. The van der Waals surface area contributed by atoms with E-state index in [4.69, 9.17) is 9.84 Å². The van der Waals surface area contributed by atoms with Gasteiger partial charge in [0.25, 0.3) is 0 Å². The van der Waals surface area contributed by atoms with Crippen LogP contribution in [0.4, 0.5) is 4.79 Å². The van der Waals surface area contributed by atoms with Crippen LogP contribution in [0.2, 0.25) is 0 Å². The Hall–Kier alpha value is -1.81. The Morgan fingerprint density at radius 1 is 1.24 bits per heavy atom. The quantitative estimate of drug-likeness (QED) is 0.879. The second kappa shape index (κ2) is 7.20. The lowest BCUT2D eigenvalue weighted by Gasteiger charge is -2.26. The molecular weight excluding hydrogens is 314 g/mol. The van der Waals surface area contributed by atoms with Gasteiger partial charge in [0.05, 0.1) is 6.61 Å². The molecule has 0 spiro atoms. The number of aliphatic hydroxyl groups is 1. The van der Waals surface area contributed by atoms with Crippen molar-refractivity contribution in [1.82, 2.24) is 5.32 Å². The molecule has 4 nitrogen and oxygen atoms in total. The average Bonchev–Trinajstić information content (AvgIpc) is 2.78. The summed E-state index contributed by atoms with van der Waals surface area (Å²) in [7, 11) is 0. The topological polar surface area (TPSA) is 58.6 Å². The van der Waals surface area contributed by atoms with Gasteiger partial charge in [-0.25, -0.2) is 4.79 Å².